The number of carbonyl (C=O) groups is 5. The largest absolute Gasteiger partial charge is 0.493 e. The Labute approximate surface area is 286 Å². The summed E-state index contributed by atoms with van der Waals surface area (Å²) in [5.41, 5.74) is -0.360. The third kappa shape index (κ3) is 8.22. The molecule has 0 radical (unpaired) electrons. The van der Waals surface area contributed by atoms with Gasteiger partial charge in [0.05, 0.1) is 20.8 Å². The van der Waals surface area contributed by atoms with Gasteiger partial charge in [0.25, 0.3) is 0 Å². The second kappa shape index (κ2) is 14.6. The second-order valence-corrected chi connectivity index (χ2v) is 14.2. The van der Waals surface area contributed by atoms with Gasteiger partial charge in [-0.05, 0) is 76.1 Å². The topological polar surface area (TPSA) is 173 Å². The van der Waals surface area contributed by atoms with Crippen LogP contribution < -0.4 is 20.1 Å². The van der Waals surface area contributed by atoms with Crippen molar-refractivity contribution in [2.24, 2.45) is 5.92 Å². The van der Waals surface area contributed by atoms with Crippen LogP contribution in [0.25, 0.3) is 0 Å². The molecule has 268 valence electrons. The van der Waals surface area contributed by atoms with Crippen LogP contribution in [0.15, 0.2) is 24.3 Å². The molecule has 5 atom stereocenters. The van der Waals surface area contributed by atoms with E-state index in [2.05, 4.69) is 10.6 Å². The van der Waals surface area contributed by atoms with Crippen molar-refractivity contribution in [3.05, 3.63) is 35.4 Å². The van der Waals surface area contributed by atoms with E-state index in [-0.39, 0.29) is 31.8 Å². The number of methoxy groups -OCH3 is 2. The number of amides is 4. The zero-order valence-electron chi connectivity index (χ0n) is 28.9. The van der Waals surface area contributed by atoms with Crippen LogP contribution in [0.3, 0.4) is 0 Å². The van der Waals surface area contributed by atoms with Gasteiger partial charge in [0.2, 0.25) is 11.8 Å². The van der Waals surface area contributed by atoms with Crippen LogP contribution in [0.1, 0.15) is 76.8 Å². The number of hydrogen-bond acceptors (Lipinski definition) is 9. The lowest BCUT2D eigenvalue weighted by Gasteiger charge is -2.30. The van der Waals surface area contributed by atoms with Crippen molar-refractivity contribution in [1.82, 2.24) is 20.4 Å². The zero-order valence-corrected chi connectivity index (χ0v) is 28.9. The number of aliphatic carboxylic acids is 1. The Morgan fingerprint density at radius 3 is 2.43 bits per heavy atom. The van der Waals surface area contributed by atoms with Crippen LogP contribution in [-0.2, 0) is 36.8 Å². The molecule has 3 N–H and O–H groups in total. The van der Waals surface area contributed by atoms with Crippen molar-refractivity contribution < 1.29 is 48.0 Å². The molecule has 0 bridgehead atoms. The summed E-state index contributed by atoms with van der Waals surface area (Å²) in [6, 6.07) is 1.60. The molecule has 0 aromatic heterocycles. The molecular weight excluding hydrogens is 636 g/mol. The van der Waals surface area contributed by atoms with E-state index in [1.165, 1.54) is 4.90 Å². The van der Waals surface area contributed by atoms with Crippen molar-refractivity contribution in [1.29, 1.82) is 0 Å². The van der Waals surface area contributed by atoms with E-state index < -0.39 is 59.3 Å². The van der Waals surface area contributed by atoms with Crippen molar-refractivity contribution in [2.45, 2.75) is 108 Å². The smallest absolute Gasteiger partial charge is 0.410 e. The molecule has 3 aliphatic heterocycles. The van der Waals surface area contributed by atoms with E-state index in [1.807, 2.05) is 24.3 Å². The SMILES string of the molecule is COc1cc2c(cc1OC)CN(C(=O)O[C@@H]1C[C@H]3C(=O)N[C@]4(C(=O)O)C[C@@H]4/C=C\CCCCC[C@H](NC(=O)OC(C)(C)C)C(=O)N3C1)CC2. The Balaban J connectivity index is 1.36. The summed E-state index contributed by atoms with van der Waals surface area (Å²) in [5, 5.41) is 15.5. The average molecular weight is 685 g/mol. The third-order valence-electron chi connectivity index (χ3n) is 9.56. The zero-order chi connectivity index (χ0) is 35.5. The summed E-state index contributed by atoms with van der Waals surface area (Å²) < 4.78 is 22.2. The van der Waals surface area contributed by atoms with Gasteiger partial charge in [-0.15, -0.1) is 0 Å². The minimum absolute atomic E-state index is 0.0336. The predicted octanol–water partition coefficient (Wildman–Crippen LogP) is 3.54. The number of allylic oxidation sites excluding steroid dienone is 1. The molecule has 1 saturated heterocycles. The van der Waals surface area contributed by atoms with Gasteiger partial charge in [-0.1, -0.05) is 25.0 Å². The normalized spacial score (nSPS) is 27.9. The van der Waals surface area contributed by atoms with Crippen LogP contribution in [0.4, 0.5) is 9.59 Å². The van der Waals surface area contributed by atoms with Crippen molar-refractivity contribution >= 4 is 30.0 Å². The van der Waals surface area contributed by atoms with E-state index in [1.54, 1.807) is 39.9 Å². The number of fused-ring (bicyclic) bond motifs is 3. The second-order valence-electron chi connectivity index (χ2n) is 14.2. The van der Waals surface area contributed by atoms with Gasteiger partial charge in [0.1, 0.15) is 29.3 Å². The molecule has 0 unspecified atom stereocenters. The van der Waals surface area contributed by atoms with Gasteiger partial charge in [-0.3, -0.25) is 9.59 Å². The fourth-order valence-electron chi connectivity index (χ4n) is 6.85. The van der Waals surface area contributed by atoms with E-state index >= 15 is 0 Å². The van der Waals surface area contributed by atoms with Crippen molar-refractivity contribution in [3.63, 3.8) is 0 Å². The lowest BCUT2D eigenvalue weighted by Crippen LogP contribution is -2.56. The number of ether oxygens (including phenoxy) is 4. The van der Waals surface area contributed by atoms with E-state index in [4.69, 9.17) is 18.9 Å². The summed E-state index contributed by atoms with van der Waals surface area (Å²) in [5.74, 6) is -1.55. The molecule has 2 fully saturated rings. The molecule has 5 rings (SSSR count). The number of carbonyl (C=O) groups excluding carboxylic acids is 4. The Morgan fingerprint density at radius 1 is 1.04 bits per heavy atom. The first-order valence-corrected chi connectivity index (χ1v) is 17.0. The first-order valence-electron chi connectivity index (χ1n) is 17.0. The molecule has 14 heteroatoms. The van der Waals surface area contributed by atoms with Crippen LogP contribution in [0.2, 0.25) is 0 Å². The summed E-state index contributed by atoms with van der Waals surface area (Å²) in [6.45, 7) is 5.71. The Bertz CT molecular complexity index is 1490. The molecule has 3 heterocycles. The Kier molecular flexibility index (Phi) is 10.6. The number of benzene rings is 1. The first kappa shape index (κ1) is 35.8. The number of nitrogens with zero attached hydrogens (tertiary/aromatic N) is 2. The summed E-state index contributed by atoms with van der Waals surface area (Å²) >= 11 is 0. The number of hydrogen-bond donors (Lipinski definition) is 3. The molecule has 1 saturated carbocycles. The van der Waals surface area contributed by atoms with Gasteiger partial charge >= 0.3 is 18.2 Å². The maximum absolute atomic E-state index is 14.2. The quantitative estimate of drug-likeness (QED) is 0.390. The standard InChI is InChI=1S/C35H48N4O10/c1-34(2,3)49-32(44)36-25-12-10-8-6-7-9-11-23-18-35(23,31(42)43)37-29(40)26-17-24(20-39(26)30(25)41)48-33(45)38-14-13-21-15-27(46-4)28(47-5)16-22(21)19-38/h9,11,15-16,23-26H,6-8,10,12-14,17-20H2,1-5H3,(H,36,44)(H,37,40)(H,42,43)/b11-9-/t23-,24+,25-,26-,35+/m0/s1. The number of rotatable bonds is 5. The van der Waals surface area contributed by atoms with Gasteiger partial charge in [-0.2, -0.15) is 0 Å². The van der Waals surface area contributed by atoms with Crippen LogP contribution in [0, 0.1) is 5.92 Å². The molecule has 4 aliphatic rings. The molecule has 1 aromatic rings. The van der Waals surface area contributed by atoms with Gasteiger partial charge < -0.3 is 44.5 Å². The van der Waals surface area contributed by atoms with Crippen LogP contribution in [-0.4, -0.2) is 102 Å². The molecular formula is C35H48N4O10. The number of carboxylic acid groups (broad SMARTS) is 1. The lowest BCUT2D eigenvalue weighted by molar-refractivity contribution is -0.145. The minimum Gasteiger partial charge on any atom is -0.493 e. The van der Waals surface area contributed by atoms with E-state index in [9.17, 15) is 29.1 Å². The van der Waals surface area contributed by atoms with Crippen LogP contribution in [0.5, 0.6) is 11.5 Å². The number of alkyl carbamates (subject to hydrolysis) is 1. The Morgan fingerprint density at radius 2 is 1.76 bits per heavy atom. The summed E-state index contributed by atoms with van der Waals surface area (Å²) in [7, 11) is 3.11. The lowest BCUT2D eigenvalue weighted by atomic mass is 9.99. The molecule has 1 aliphatic carbocycles. The molecule has 49 heavy (non-hydrogen) atoms. The maximum Gasteiger partial charge on any atom is 0.410 e. The highest BCUT2D eigenvalue weighted by molar-refractivity contribution is 5.96. The minimum atomic E-state index is -1.48. The summed E-state index contributed by atoms with van der Waals surface area (Å²) in [6.07, 6.45) is 5.57. The number of carboxylic acids is 1. The molecule has 4 amide bonds. The molecule has 14 nitrogen and oxygen atoms in total. The highest BCUT2D eigenvalue weighted by Crippen LogP contribution is 2.45. The highest BCUT2D eigenvalue weighted by Gasteiger charge is 2.61. The van der Waals surface area contributed by atoms with Crippen molar-refractivity contribution in [3.8, 4) is 11.5 Å². The predicted molar refractivity (Wildman–Crippen MR) is 176 cm³/mol. The van der Waals surface area contributed by atoms with Crippen molar-refractivity contribution in [2.75, 3.05) is 27.3 Å². The van der Waals surface area contributed by atoms with Gasteiger partial charge in [0.15, 0.2) is 11.5 Å². The first-order chi connectivity index (χ1) is 23.2. The van der Waals surface area contributed by atoms with Gasteiger partial charge in [-0.25, -0.2) is 14.4 Å². The van der Waals surface area contributed by atoms with E-state index in [0.717, 1.165) is 30.4 Å². The molecule has 0 spiro atoms. The molecule has 1 aromatic carbocycles. The highest BCUT2D eigenvalue weighted by atomic mass is 16.6. The Hall–Kier alpha value is -4.49. The van der Waals surface area contributed by atoms with Crippen LogP contribution >= 0.6 is 0 Å². The fraction of sp³-hybridized carbons (Fsp3) is 0.629. The maximum atomic E-state index is 14.2. The fourth-order valence-corrected chi connectivity index (χ4v) is 6.85. The van der Waals surface area contributed by atoms with E-state index in [0.29, 0.717) is 37.3 Å². The monoisotopic (exact) mass is 684 g/mol. The summed E-state index contributed by atoms with van der Waals surface area (Å²) in [4.78, 5) is 69.6. The average Bonchev–Trinajstić information content (AvgIpc) is 3.58. The number of nitrogens with one attached hydrogen (secondary N) is 2. The van der Waals surface area contributed by atoms with Gasteiger partial charge in [0, 0.05) is 25.4 Å². The third-order valence-corrected chi connectivity index (χ3v) is 9.56.